The van der Waals surface area contributed by atoms with E-state index in [1.807, 2.05) is 34.0 Å². The summed E-state index contributed by atoms with van der Waals surface area (Å²) >= 11 is 5.64. The molecule has 6 heterocycles. The molecule has 0 aliphatic heterocycles. The monoisotopic (exact) mass is 1690 g/mol. The fourth-order valence-electron chi connectivity index (χ4n) is 19.6. The van der Waals surface area contributed by atoms with E-state index in [1.54, 1.807) is 37.2 Å². The highest BCUT2D eigenvalue weighted by atomic mass is 32.1. The summed E-state index contributed by atoms with van der Waals surface area (Å²) < 4.78 is 8.04. The maximum atomic E-state index is 4.71. The number of aromatic nitrogens is 6. The molecule has 129 heavy (non-hydrogen) atoms. The summed E-state index contributed by atoms with van der Waals surface area (Å²) in [6.07, 6.45) is 10.7. The molecule has 0 atom stereocenters. The van der Waals surface area contributed by atoms with Gasteiger partial charge in [0.1, 0.15) is 0 Å². The molecule has 0 unspecified atom stereocenters. The lowest BCUT2D eigenvalue weighted by Gasteiger charge is -2.13. The van der Waals surface area contributed by atoms with E-state index in [-0.39, 0.29) is 0 Å². The van der Waals surface area contributed by atoms with Crippen molar-refractivity contribution in [2.75, 3.05) is 0 Å². The quantitative estimate of drug-likeness (QED) is 0.134. The third kappa shape index (κ3) is 13.1. The van der Waals surface area contributed by atoms with Crippen LogP contribution in [0.1, 0.15) is 0 Å². The Labute approximate surface area is 754 Å². The molecule has 27 rings (SSSR count). The molecule has 6 nitrogen and oxygen atoms in total. The zero-order valence-electron chi connectivity index (χ0n) is 69.5. The molecule has 27 aromatic rings. The molecule has 0 saturated carbocycles. The van der Waals surface area contributed by atoms with Crippen LogP contribution in [0.2, 0.25) is 0 Å². The summed E-state index contributed by atoms with van der Waals surface area (Å²) in [5, 5.41) is 22.0. The van der Waals surface area contributed by atoms with Gasteiger partial charge >= 0.3 is 0 Å². The Morgan fingerprint density at radius 2 is 0.349 bits per heavy atom. The number of nitrogens with zero attached hydrogens (tertiary/aromatic N) is 6. The van der Waals surface area contributed by atoms with E-state index < -0.39 is 0 Å². The lowest BCUT2D eigenvalue weighted by molar-refractivity contribution is 1.31. The van der Waals surface area contributed by atoms with Gasteiger partial charge in [-0.15, -0.1) is 34.0 Å². The number of hydrogen-bond donors (Lipinski definition) is 0. The standard InChI is InChI=1S/3C40H24N2S/c1-2-11-33-31(9-1)36-24-28(19-20-34(36)39-38(33)41-21-22-42-39)26-17-15-25(16-18-26)27-7-5-8-29(23-27)30-12-6-13-35-32-10-3-4-14-37(32)43-40(30)35;1-2-9-29(34-13-7-14-35-31-11-5-6-15-37(31)43-40(34)35)28(8-1)26-18-16-25(17-19-26)27-20-21-33-36(24-27)30-10-3-4-12-32(30)38-39(33)42-23-22-41-38;1-2-8-33-31(6-1)36-24-29(20-21-34(36)39-38(33)41-22-23-42-39)27-14-12-25(13-15-27)26-16-18-28(19-17-26)30-9-5-10-35-32-7-3-4-11-37(32)43-40(30)35/h3*1-24H. The number of thiophene rings is 3. The molecule has 0 bridgehead atoms. The van der Waals surface area contributed by atoms with Gasteiger partial charge in [-0.25, -0.2) is 0 Å². The van der Waals surface area contributed by atoms with Crippen LogP contribution in [0.5, 0.6) is 0 Å². The van der Waals surface area contributed by atoms with E-state index in [0.717, 1.165) is 65.4 Å². The molecule has 21 aromatic carbocycles. The molecule has 0 aliphatic carbocycles. The van der Waals surface area contributed by atoms with Crippen LogP contribution >= 0.6 is 34.0 Å². The molecular formula is C120H72N6S3. The summed E-state index contributed by atoms with van der Waals surface area (Å²) in [6.45, 7) is 0. The Bertz CT molecular complexity index is 9090. The van der Waals surface area contributed by atoms with Crippen LogP contribution in [0.4, 0.5) is 0 Å². The van der Waals surface area contributed by atoms with Gasteiger partial charge < -0.3 is 0 Å². The Kier molecular flexibility index (Phi) is 18.4. The zero-order valence-corrected chi connectivity index (χ0v) is 71.9. The smallest absolute Gasteiger partial charge is 0.0971 e. The summed E-state index contributed by atoms with van der Waals surface area (Å²) in [6, 6.07) is 145. The molecule has 0 aliphatic rings. The average molecular weight is 1690 g/mol. The molecule has 9 heteroatoms. The second kappa shape index (κ2) is 31.5. The van der Waals surface area contributed by atoms with Gasteiger partial charge in [0.15, 0.2) is 0 Å². The first-order valence-electron chi connectivity index (χ1n) is 43.5. The van der Waals surface area contributed by atoms with Gasteiger partial charge in [0.2, 0.25) is 0 Å². The van der Waals surface area contributed by atoms with Crippen LogP contribution < -0.4 is 0 Å². The molecule has 0 spiro atoms. The van der Waals surface area contributed by atoms with E-state index in [0.29, 0.717) is 0 Å². The molecule has 600 valence electrons. The average Bonchev–Trinajstić information content (AvgIpc) is 1.73. The van der Waals surface area contributed by atoms with Gasteiger partial charge in [-0.2, -0.15) is 0 Å². The van der Waals surface area contributed by atoms with Crippen molar-refractivity contribution in [3.8, 4) is 100 Å². The summed E-state index contributed by atoms with van der Waals surface area (Å²) in [4.78, 5) is 28.1. The Balaban J connectivity index is 0.000000105. The molecule has 0 saturated heterocycles. The van der Waals surface area contributed by atoms with Crippen LogP contribution in [0.3, 0.4) is 0 Å². The van der Waals surface area contributed by atoms with Gasteiger partial charge in [-0.05, 0) is 169 Å². The minimum atomic E-state index is 0.948. The number of hydrogen-bond acceptors (Lipinski definition) is 9. The zero-order chi connectivity index (χ0) is 85.0. The molecule has 0 N–H and O–H groups in total. The molecular weight excluding hydrogens is 1620 g/mol. The van der Waals surface area contributed by atoms with E-state index in [4.69, 9.17) is 15.0 Å². The van der Waals surface area contributed by atoms with E-state index in [9.17, 15) is 0 Å². The lowest BCUT2D eigenvalue weighted by atomic mass is 9.92. The lowest BCUT2D eigenvalue weighted by Crippen LogP contribution is -1.89. The van der Waals surface area contributed by atoms with Crippen LogP contribution in [0, 0.1) is 0 Å². The van der Waals surface area contributed by atoms with Crippen LogP contribution in [-0.2, 0) is 0 Å². The Morgan fingerprint density at radius 1 is 0.124 bits per heavy atom. The first-order valence-corrected chi connectivity index (χ1v) is 45.9. The number of fused-ring (bicyclic) bond motifs is 27. The maximum Gasteiger partial charge on any atom is 0.0971 e. The van der Waals surface area contributed by atoms with Crippen molar-refractivity contribution < 1.29 is 0 Å². The van der Waals surface area contributed by atoms with E-state index in [1.165, 1.54) is 193 Å². The Morgan fingerprint density at radius 3 is 0.713 bits per heavy atom. The minimum absolute atomic E-state index is 0.948. The number of rotatable bonds is 9. The van der Waals surface area contributed by atoms with Crippen molar-refractivity contribution >= 4 is 192 Å². The fourth-order valence-corrected chi connectivity index (χ4v) is 23.3. The van der Waals surface area contributed by atoms with Gasteiger partial charge in [0.05, 0.1) is 33.1 Å². The second-order valence-electron chi connectivity index (χ2n) is 33.0. The van der Waals surface area contributed by atoms with Crippen LogP contribution in [-0.4, -0.2) is 29.9 Å². The largest absolute Gasteiger partial charge is 0.252 e. The van der Waals surface area contributed by atoms with E-state index >= 15 is 0 Å². The molecule has 0 amide bonds. The first-order chi connectivity index (χ1) is 64.0. The van der Waals surface area contributed by atoms with Gasteiger partial charge in [0.25, 0.3) is 0 Å². The predicted molar refractivity (Wildman–Crippen MR) is 551 cm³/mol. The number of benzene rings is 21. The second-order valence-corrected chi connectivity index (χ2v) is 36.1. The van der Waals surface area contributed by atoms with Crippen molar-refractivity contribution in [2.24, 2.45) is 0 Å². The van der Waals surface area contributed by atoms with Crippen LogP contribution in [0.15, 0.2) is 438 Å². The van der Waals surface area contributed by atoms with Crippen molar-refractivity contribution in [2.45, 2.75) is 0 Å². The highest BCUT2D eigenvalue weighted by molar-refractivity contribution is 7.27. The minimum Gasteiger partial charge on any atom is -0.252 e. The van der Waals surface area contributed by atoms with Crippen LogP contribution in [0.25, 0.3) is 258 Å². The third-order valence-electron chi connectivity index (χ3n) is 25.8. The normalized spacial score (nSPS) is 11.7. The molecule has 6 aromatic heterocycles. The highest BCUT2D eigenvalue weighted by Crippen LogP contribution is 2.48. The molecule has 0 radical (unpaired) electrons. The third-order valence-corrected chi connectivity index (χ3v) is 29.4. The summed E-state index contributed by atoms with van der Waals surface area (Å²) in [5.74, 6) is 0. The summed E-state index contributed by atoms with van der Waals surface area (Å²) in [5.41, 5.74) is 27.8. The van der Waals surface area contributed by atoms with Crippen molar-refractivity contribution in [1.82, 2.24) is 29.9 Å². The van der Waals surface area contributed by atoms with Crippen molar-refractivity contribution in [3.05, 3.63) is 438 Å². The topological polar surface area (TPSA) is 77.3 Å². The SMILES string of the molecule is c1cc(-c2ccc(-c3ccc4c(c3)c3ccccc3c3nccnc43)cc2)cc(-c2cccc3c2sc2ccccc23)c1.c1ccc(-c2cccc3c2sc2ccccc23)c(-c2ccc(-c3ccc4c(c3)c3ccccc3c3nccnc43)cc2)c1.c1ccc2c(c1)sc1c(-c3ccc(-c4ccc(-c5ccc6c(c5)c5ccccc5c5nccnc65)cc4)cc3)cccc12. The predicted octanol–water partition coefficient (Wildman–Crippen LogP) is 33.9. The van der Waals surface area contributed by atoms with Gasteiger partial charge in [-0.1, -0.05) is 358 Å². The van der Waals surface area contributed by atoms with Crippen molar-refractivity contribution in [3.63, 3.8) is 0 Å². The highest BCUT2D eigenvalue weighted by Gasteiger charge is 2.21. The van der Waals surface area contributed by atoms with Crippen molar-refractivity contribution in [1.29, 1.82) is 0 Å². The van der Waals surface area contributed by atoms with E-state index in [2.05, 4.69) is 415 Å². The fraction of sp³-hybridized carbons (Fsp3) is 0. The Hall–Kier alpha value is -16.1. The first kappa shape index (κ1) is 75.4. The maximum absolute atomic E-state index is 4.71. The van der Waals surface area contributed by atoms with Gasteiger partial charge in [-0.3, -0.25) is 29.9 Å². The van der Waals surface area contributed by atoms with Gasteiger partial charge in [0, 0.05) is 136 Å². The molecule has 0 fully saturated rings. The summed E-state index contributed by atoms with van der Waals surface area (Å²) in [7, 11) is 0.